The molecule has 19 heavy (non-hydrogen) atoms. The van der Waals surface area contributed by atoms with Crippen molar-refractivity contribution in [2.75, 3.05) is 0 Å². The van der Waals surface area contributed by atoms with Crippen molar-refractivity contribution in [3.8, 4) is 5.88 Å². The molecule has 0 aliphatic heterocycles. The number of benzene rings is 1. The second kappa shape index (κ2) is 5.84. The van der Waals surface area contributed by atoms with Gasteiger partial charge in [0, 0.05) is 27.4 Å². The standard InChI is InChI=1S/C14H14BrN3O/c1-9-6-11(14(16)17)7-13(18-9)19-8-10-4-2-3-5-12(10)15/h2-7H,8H2,1H3,(H3,16,17). The molecule has 0 fully saturated rings. The third-order valence-corrected chi connectivity index (χ3v) is 3.35. The molecule has 0 unspecified atom stereocenters. The lowest BCUT2D eigenvalue weighted by molar-refractivity contribution is 0.292. The van der Waals surface area contributed by atoms with E-state index < -0.39 is 0 Å². The monoisotopic (exact) mass is 319 g/mol. The van der Waals surface area contributed by atoms with Crippen molar-refractivity contribution < 1.29 is 4.74 Å². The van der Waals surface area contributed by atoms with Crippen molar-refractivity contribution in [2.45, 2.75) is 13.5 Å². The molecule has 2 aromatic rings. The van der Waals surface area contributed by atoms with Crippen LogP contribution in [0.15, 0.2) is 40.9 Å². The number of aryl methyl sites for hydroxylation is 1. The third kappa shape index (κ3) is 3.54. The predicted octanol–water partition coefficient (Wildman–Crippen LogP) is 3.02. The minimum absolute atomic E-state index is 0.0104. The van der Waals surface area contributed by atoms with Gasteiger partial charge in [0.25, 0.3) is 0 Å². The van der Waals surface area contributed by atoms with Crippen molar-refractivity contribution in [1.29, 1.82) is 5.41 Å². The Morgan fingerprint density at radius 3 is 2.79 bits per heavy atom. The maximum atomic E-state index is 7.45. The van der Waals surface area contributed by atoms with Crippen LogP contribution in [0.25, 0.3) is 0 Å². The Kier molecular flexibility index (Phi) is 4.16. The van der Waals surface area contributed by atoms with E-state index in [-0.39, 0.29) is 5.84 Å². The number of rotatable bonds is 4. The first kappa shape index (κ1) is 13.5. The second-order valence-electron chi connectivity index (χ2n) is 4.13. The molecule has 2 rings (SSSR count). The highest BCUT2D eigenvalue weighted by Crippen LogP contribution is 2.19. The molecule has 0 spiro atoms. The largest absolute Gasteiger partial charge is 0.473 e. The lowest BCUT2D eigenvalue weighted by Crippen LogP contribution is -2.12. The van der Waals surface area contributed by atoms with Gasteiger partial charge in [-0.2, -0.15) is 0 Å². The Morgan fingerprint density at radius 2 is 2.11 bits per heavy atom. The van der Waals surface area contributed by atoms with E-state index in [9.17, 15) is 0 Å². The number of hydrogen-bond donors (Lipinski definition) is 2. The van der Waals surface area contributed by atoms with E-state index in [0.717, 1.165) is 15.7 Å². The Labute approximate surface area is 120 Å². The van der Waals surface area contributed by atoms with Gasteiger partial charge in [0.05, 0.1) is 0 Å². The van der Waals surface area contributed by atoms with Gasteiger partial charge >= 0.3 is 0 Å². The highest BCUT2D eigenvalue weighted by Gasteiger charge is 2.05. The molecule has 3 N–H and O–H groups in total. The summed E-state index contributed by atoms with van der Waals surface area (Å²) in [6, 6.07) is 11.3. The molecular weight excluding hydrogens is 306 g/mol. The number of ether oxygens (including phenoxy) is 1. The van der Waals surface area contributed by atoms with Crippen LogP contribution in [0.5, 0.6) is 5.88 Å². The first-order chi connectivity index (χ1) is 9.06. The quantitative estimate of drug-likeness (QED) is 0.672. The fourth-order valence-electron chi connectivity index (χ4n) is 1.63. The summed E-state index contributed by atoms with van der Waals surface area (Å²) in [6.07, 6.45) is 0. The minimum Gasteiger partial charge on any atom is -0.473 e. The van der Waals surface area contributed by atoms with Gasteiger partial charge in [-0.3, -0.25) is 5.41 Å². The van der Waals surface area contributed by atoms with Crippen LogP contribution < -0.4 is 10.5 Å². The van der Waals surface area contributed by atoms with Gasteiger partial charge in [-0.15, -0.1) is 0 Å². The van der Waals surface area contributed by atoms with Crippen LogP contribution in [0.2, 0.25) is 0 Å². The van der Waals surface area contributed by atoms with Crippen molar-refractivity contribution in [3.63, 3.8) is 0 Å². The zero-order chi connectivity index (χ0) is 13.8. The molecule has 1 aromatic carbocycles. The first-order valence-corrected chi connectivity index (χ1v) is 6.55. The number of amidine groups is 1. The molecule has 0 saturated heterocycles. The van der Waals surface area contributed by atoms with E-state index in [1.807, 2.05) is 31.2 Å². The maximum Gasteiger partial charge on any atom is 0.214 e. The molecule has 0 radical (unpaired) electrons. The van der Waals surface area contributed by atoms with Crippen LogP contribution in [0.1, 0.15) is 16.8 Å². The van der Waals surface area contributed by atoms with Crippen LogP contribution in [0, 0.1) is 12.3 Å². The summed E-state index contributed by atoms with van der Waals surface area (Å²) < 4.78 is 6.65. The van der Waals surface area contributed by atoms with Gasteiger partial charge in [0.1, 0.15) is 12.4 Å². The van der Waals surface area contributed by atoms with Gasteiger partial charge in [-0.1, -0.05) is 34.1 Å². The molecule has 0 atom stereocenters. The van der Waals surface area contributed by atoms with Crippen LogP contribution in [0.3, 0.4) is 0 Å². The van der Waals surface area contributed by atoms with Crippen LogP contribution in [-0.4, -0.2) is 10.8 Å². The first-order valence-electron chi connectivity index (χ1n) is 5.75. The van der Waals surface area contributed by atoms with Crippen molar-refractivity contribution >= 4 is 21.8 Å². The number of aromatic nitrogens is 1. The number of pyridine rings is 1. The Morgan fingerprint density at radius 1 is 1.37 bits per heavy atom. The van der Waals surface area contributed by atoms with Crippen LogP contribution >= 0.6 is 15.9 Å². The molecule has 98 valence electrons. The fraction of sp³-hybridized carbons (Fsp3) is 0.143. The summed E-state index contributed by atoms with van der Waals surface area (Å²) in [5.41, 5.74) is 7.91. The van der Waals surface area contributed by atoms with Gasteiger partial charge in [-0.25, -0.2) is 4.98 Å². The smallest absolute Gasteiger partial charge is 0.214 e. The Hall–Kier alpha value is -1.88. The molecule has 0 bridgehead atoms. The zero-order valence-corrected chi connectivity index (χ0v) is 12.1. The molecule has 5 heteroatoms. The highest BCUT2D eigenvalue weighted by molar-refractivity contribution is 9.10. The summed E-state index contributed by atoms with van der Waals surface area (Å²) in [7, 11) is 0. The molecule has 1 aromatic heterocycles. The predicted molar refractivity (Wildman–Crippen MR) is 78.5 cm³/mol. The van der Waals surface area contributed by atoms with Gasteiger partial charge < -0.3 is 10.5 Å². The van der Waals surface area contributed by atoms with Gasteiger partial charge in [0.2, 0.25) is 5.88 Å². The SMILES string of the molecule is Cc1cc(C(=N)N)cc(OCc2ccccc2Br)n1. The van der Waals surface area contributed by atoms with Crippen LogP contribution in [-0.2, 0) is 6.61 Å². The van der Waals surface area contributed by atoms with Gasteiger partial charge in [0.15, 0.2) is 0 Å². The zero-order valence-electron chi connectivity index (χ0n) is 10.5. The summed E-state index contributed by atoms with van der Waals surface area (Å²) in [6.45, 7) is 2.26. The number of nitrogens with one attached hydrogen (secondary N) is 1. The summed E-state index contributed by atoms with van der Waals surface area (Å²) in [4.78, 5) is 4.27. The Bertz CT molecular complexity index is 613. The van der Waals surface area contributed by atoms with E-state index in [0.29, 0.717) is 18.1 Å². The number of hydrogen-bond acceptors (Lipinski definition) is 3. The highest BCUT2D eigenvalue weighted by atomic mass is 79.9. The maximum absolute atomic E-state index is 7.45. The average Bonchev–Trinajstić information content (AvgIpc) is 2.37. The van der Waals surface area contributed by atoms with Crippen LogP contribution in [0.4, 0.5) is 0 Å². The minimum atomic E-state index is 0.0104. The molecule has 0 saturated carbocycles. The molecule has 0 aliphatic rings. The Balaban J connectivity index is 2.16. The van der Waals surface area contributed by atoms with Crippen molar-refractivity contribution in [2.24, 2.45) is 5.73 Å². The van der Waals surface area contributed by atoms with E-state index in [4.69, 9.17) is 15.9 Å². The molecule has 0 aliphatic carbocycles. The molecule has 4 nitrogen and oxygen atoms in total. The number of nitrogens with two attached hydrogens (primary N) is 1. The molecular formula is C14H14BrN3O. The summed E-state index contributed by atoms with van der Waals surface area (Å²) in [5.74, 6) is 0.484. The summed E-state index contributed by atoms with van der Waals surface area (Å²) >= 11 is 3.47. The van der Waals surface area contributed by atoms with E-state index in [1.165, 1.54) is 0 Å². The molecule has 0 amide bonds. The lowest BCUT2D eigenvalue weighted by Gasteiger charge is -2.09. The molecule has 1 heterocycles. The fourth-order valence-corrected chi connectivity index (χ4v) is 2.03. The number of nitrogens with zero attached hydrogens (tertiary/aromatic N) is 1. The van der Waals surface area contributed by atoms with Crippen molar-refractivity contribution in [1.82, 2.24) is 4.98 Å². The van der Waals surface area contributed by atoms with Crippen molar-refractivity contribution in [3.05, 3.63) is 57.7 Å². The van der Waals surface area contributed by atoms with Gasteiger partial charge in [-0.05, 0) is 19.1 Å². The number of nitrogen functional groups attached to an aromatic ring is 1. The lowest BCUT2D eigenvalue weighted by atomic mass is 10.2. The van der Waals surface area contributed by atoms with E-state index in [1.54, 1.807) is 12.1 Å². The second-order valence-corrected chi connectivity index (χ2v) is 4.98. The third-order valence-electron chi connectivity index (χ3n) is 2.57. The number of halogens is 1. The van der Waals surface area contributed by atoms with E-state index in [2.05, 4.69) is 20.9 Å². The van der Waals surface area contributed by atoms with E-state index >= 15 is 0 Å². The normalized spacial score (nSPS) is 10.2. The summed E-state index contributed by atoms with van der Waals surface area (Å²) in [5, 5.41) is 7.45. The average molecular weight is 320 g/mol. The topological polar surface area (TPSA) is 72.0 Å².